The van der Waals surface area contributed by atoms with Gasteiger partial charge in [0.1, 0.15) is 11.5 Å². The van der Waals surface area contributed by atoms with E-state index in [1.807, 2.05) is 42.5 Å². The van der Waals surface area contributed by atoms with Crippen LogP contribution in [0.1, 0.15) is 5.89 Å². The molecule has 4 aromatic rings. The highest BCUT2D eigenvalue weighted by atomic mass is 16.5. The van der Waals surface area contributed by atoms with E-state index in [1.165, 1.54) is 0 Å². The zero-order valence-electron chi connectivity index (χ0n) is 12.0. The average Bonchev–Trinajstić information content (AvgIpc) is 3.10. The number of aromatic nitrogens is 5. The second-order valence-corrected chi connectivity index (χ2v) is 4.82. The van der Waals surface area contributed by atoms with E-state index < -0.39 is 0 Å². The maximum atomic E-state index is 5.22. The molecule has 0 aliphatic heterocycles. The van der Waals surface area contributed by atoms with Crippen LogP contribution in [0.15, 0.2) is 59.4 Å². The predicted molar refractivity (Wildman–Crippen MR) is 84.4 cm³/mol. The number of anilines is 1. The van der Waals surface area contributed by atoms with Gasteiger partial charge in [0.2, 0.25) is 11.7 Å². The molecule has 0 bridgehead atoms. The van der Waals surface area contributed by atoms with Crippen molar-refractivity contribution in [3.8, 4) is 11.5 Å². The van der Waals surface area contributed by atoms with Gasteiger partial charge in [0.15, 0.2) is 0 Å². The molecule has 0 saturated carbocycles. The molecule has 1 aromatic carbocycles. The summed E-state index contributed by atoms with van der Waals surface area (Å²) in [6.07, 6.45) is 3.37. The quantitative estimate of drug-likeness (QED) is 0.620. The molecule has 112 valence electrons. The first kappa shape index (κ1) is 13.3. The van der Waals surface area contributed by atoms with Gasteiger partial charge in [-0.15, -0.1) is 0 Å². The van der Waals surface area contributed by atoms with Crippen LogP contribution >= 0.6 is 0 Å². The lowest BCUT2D eigenvalue weighted by atomic mass is 10.3. The molecule has 0 aliphatic carbocycles. The third-order valence-electron chi connectivity index (χ3n) is 3.23. The number of nitrogens with zero attached hydrogens (tertiary/aromatic N) is 5. The fourth-order valence-corrected chi connectivity index (χ4v) is 2.13. The Morgan fingerprint density at radius 2 is 1.78 bits per heavy atom. The fraction of sp³-hybridized carbons (Fsp3) is 0.0625. The highest BCUT2D eigenvalue weighted by molar-refractivity contribution is 5.75. The lowest BCUT2D eigenvalue weighted by Gasteiger charge is -2.03. The second-order valence-electron chi connectivity index (χ2n) is 4.82. The number of hydrogen-bond acceptors (Lipinski definition) is 7. The van der Waals surface area contributed by atoms with Gasteiger partial charge in [0.25, 0.3) is 0 Å². The second kappa shape index (κ2) is 5.80. The van der Waals surface area contributed by atoms with Crippen LogP contribution in [-0.2, 0) is 6.54 Å². The van der Waals surface area contributed by atoms with Crippen molar-refractivity contribution >= 4 is 16.9 Å². The maximum absolute atomic E-state index is 5.22. The summed E-state index contributed by atoms with van der Waals surface area (Å²) in [7, 11) is 0. The maximum Gasteiger partial charge on any atom is 0.246 e. The molecule has 7 nitrogen and oxygen atoms in total. The number of rotatable bonds is 4. The Bertz CT molecular complexity index is 937. The first-order chi connectivity index (χ1) is 11.4. The molecule has 0 amide bonds. The predicted octanol–water partition coefficient (Wildman–Crippen LogP) is 2.69. The van der Waals surface area contributed by atoms with Crippen LogP contribution in [0.25, 0.3) is 22.6 Å². The topological polar surface area (TPSA) is 89.6 Å². The molecule has 0 atom stereocenters. The molecule has 1 N–H and O–H groups in total. The molecule has 0 spiro atoms. The van der Waals surface area contributed by atoms with Crippen LogP contribution < -0.4 is 5.32 Å². The van der Waals surface area contributed by atoms with Crippen LogP contribution in [-0.4, -0.2) is 25.1 Å². The number of hydrogen-bond donors (Lipinski definition) is 1. The van der Waals surface area contributed by atoms with Gasteiger partial charge in [-0.3, -0.25) is 9.97 Å². The van der Waals surface area contributed by atoms with Crippen LogP contribution in [0, 0.1) is 0 Å². The number of nitrogens with one attached hydrogen (secondary N) is 1. The van der Waals surface area contributed by atoms with E-state index in [-0.39, 0.29) is 0 Å². The van der Waals surface area contributed by atoms with Crippen LogP contribution in [0.3, 0.4) is 0 Å². The Balaban J connectivity index is 1.49. The summed E-state index contributed by atoms with van der Waals surface area (Å²) in [6, 6.07) is 13.2. The largest absolute Gasteiger partial charge is 0.360 e. The van der Waals surface area contributed by atoms with Gasteiger partial charge in [-0.1, -0.05) is 23.4 Å². The highest BCUT2D eigenvalue weighted by Gasteiger charge is 2.09. The molecule has 4 rings (SSSR count). The molecule has 0 radical (unpaired) electrons. The number of pyridine rings is 1. The standard InChI is InChI=1S/C16H12N6O/c1-2-6-12-11(5-1)18-9-14(20-12)19-10-15-21-16(22-23-15)13-7-3-4-8-17-13/h1-9H,10H2,(H,19,20). The lowest BCUT2D eigenvalue weighted by molar-refractivity contribution is 0.384. The van der Waals surface area contributed by atoms with E-state index in [0.29, 0.717) is 29.8 Å². The molecule has 0 fully saturated rings. The molecule has 7 heteroatoms. The molecule has 0 unspecified atom stereocenters. The summed E-state index contributed by atoms with van der Waals surface area (Å²) < 4.78 is 5.22. The van der Waals surface area contributed by atoms with E-state index >= 15 is 0 Å². The van der Waals surface area contributed by atoms with Gasteiger partial charge in [-0.25, -0.2) is 4.98 Å². The average molecular weight is 304 g/mol. The summed E-state index contributed by atoms with van der Waals surface area (Å²) in [5.74, 6) is 1.58. The van der Waals surface area contributed by atoms with Crippen molar-refractivity contribution in [1.82, 2.24) is 25.1 Å². The van der Waals surface area contributed by atoms with Crippen molar-refractivity contribution < 1.29 is 4.52 Å². The summed E-state index contributed by atoms with van der Waals surface area (Å²) in [5, 5.41) is 7.05. The Labute approximate surface area is 131 Å². The van der Waals surface area contributed by atoms with Gasteiger partial charge >= 0.3 is 0 Å². The molecular formula is C16H12N6O. The monoisotopic (exact) mass is 304 g/mol. The summed E-state index contributed by atoms with van der Waals surface area (Å²) >= 11 is 0. The van der Waals surface area contributed by atoms with Gasteiger partial charge in [0, 0.05) is 6.20 Å². The van der Waals surface area contributed by atoms with Gasteiger partial charge in [-0.05, 0) is 24.3 Å². The SMILES string of the molecule is c1ccc(-c2noc(CNc3cnc4ccccc4n3)n2)nc1. The number of fused-ring (bicyclic) bond motifs is 1. The van der Waals surface area contributed by atoms with Crippen LogP contribution in [0.2, 0.25) is 0 Å². The third kappa shape index (κ3) is 2.84. The lowest BCUT2D eigenvalue weighted by Crippen LogP contribution is -2.02. The van der Waals surface area contributed by atoms with Crippen molar-refractivity contribution in [1.29, 1.82) is 0 Å². The van der Waals surface area contributed by atoms with E-state index in [0.717, 1.165) is 11.0 Å². The summed E-state index contributed by atoms with van der Waals surface area (Å²) in [5.41, 5.74) is 2.36. The van der Waals surface area contributed by atoms with Crippen molar-refractivity contribution in [2.75, 3.05) is 5.32 Å². The van der Waals surface area contributed by atoms with Crippen LogP contribution in [0.5, 0.6) is 0 Å². The molecule has 3 aromatic heterocycles. The van der Waals surface area contributed by atoms with Crippen molar-refractivity contribution in [3.63, 3.8) is 0 Å². The first-order valence-electron chi connectivity index (χ1n) is 7.08. The van der Waals surface area contributed by atoms with E-state index in [2.05, 4.69) is 30.4 Å². The Hall–Kier alpha value is -3.35. The Morgan fingerprint density at radius 1 is 0.913 bits per heavy atom. The van der Waals surface area contributed by atoms with Gasteiger partial charge < -0.3 is 9.84 Å². The molecular weight excluding hydrogens is 292 g/mol. The highest BCUT2D eigenvalue weighted by Crippen LogP contribution is 2.14. The molecule has 23 heavy (non-hydrogen) atoms. The van der Waals surface area contributed by atoms with E-state index in [9.17, 15) is 0 Å². The van der Waals surface area contributed by atoms with Crippen molar-refractivity contribution in [2.45, 2.75) is 6.54 Å². The van der Waals surface area contributed by atoms with Gasteiger partial charge in [0.05, 0.1) is 23.8 Å². The summed E-state index contributed by atoms with van der Waals surface area (Å²) in [6.45, 7) is 0.368. The van der Waals surface area contributed by atoms with Crippen molar-refractivity contribution in [2.24, 2.45) is 0 Å². The minimum Gasteiger partial charge on any atom is -0.360 e. The minimum atomic E-state index is 0.368. The van der Waals surface area contributed by atoms with Gasteiger partial charge in [-0.2, -0.15) is 4.98 Å². The van der Waals surface area contributed by atoms with Crippen LogP contribution in [0.4, 0.5) is 5.82 Å². The Kier molecular flexibility index (Phi) is 3.36. The number of benzene rings is 1. The minimum absolute atomic E-state index is 0.368. The molecule has 3 heterocycles. The van der Waals surface area contributed by atoms with E-state index in [1.54, 1.807) is 12.4 Å². The Morgan fingerprint density at radius 3 is 2.65 bits per heavy atom. The molecule has 0 saturated heterocycles. The normalized spacial score (nSPS) is 10.8. The first-order valence-corrected chi connectivity index (χ1v) is 7.08. The fourth-order valence-electron chi connectivity index (χ4n) is 2.13. The summed E-state index contributed by atoms with van der Waals surface area (Å²) in [4.78, 5) is 17.3. The zero-order valence-corrected chi connectivity index (χ0v) is 12.0. The zero-order chi connectivity index (χ0) is 15.5. The smallest absolute Gasteiger partial charge is 0.246 e. The van der Waals surface area contributed by atoms with Crippen molar-refractivity contribution in [3.05, 3.63) is 60.7 Å². The van der Waals surface area contributed by atoms with E-state index in [4.69, 9.17) is 4.52 Å². The molecule has 0 aliphatic rings. The number of para-hydroxylation sites is 2. The third-order valence-corrected chi connectivity index (χ3v) is 3.23.